The van der Waals surface area contributed by atoms with E-state index in [0.29, 0.717) is 0 Å². The van der Waals surface area contributed by atoms with Crippen LogP contribution in [0.5, 0.6) is 0 Å². The first-order valence-corrected chi connectivity index (χ1v) is 19.1. The van der Waals surface area contributed by atoms with Crippen molar-refractivity contribution in [1.82, 2.24) is 19.1 Å². The summed E-state index contributed by atoms with van der Waals surface area (Å²) < 4.78 is 4.76. The van der Waals surface area contributed by atoms with Gasteiger partial charge in [-0.05, 0) is 87.3 Å². The van der Waals surface area contributed by atoms with Crippen LogP contribution in [-0.2, 0) is 0 Å². The molecule has 0 bridgehead atoms. The zero-order valence-electron chi connectivity index (χ0n) is 30.3. The highest BCUT2D eigenvalue weighted by molar-refractivity contribution is 6.22. The van der Waals surface area contributed by atoms with Gasteiger partial charge in [-0.15, -0.1) is 0 Å². The molecule has 0 saturated carbocycles. The summed E-state index contributed by atoms with van der Waals surface area (Å²) in [5, 5.41) is 9.76. The second-order valence-corrected chi connectivity index (χ2v) is 14.6. The maximum atomic E-state index is 5.43. The van der Waals surface area contributed by atoms with E-state index in [1.165, 1.54) is 59.9 Å². The average Bonchev–Trinajstić information content (AvgIpc) is 3.77. The third-order valence-electron chi connectivity index (χ3n) is 11.5. The van der Waals surface area contributed by atoms with Crippen molar-refractivity contribution in [1.29, 1.82) is 0 Å². The Balaban J connectivity index is 1.15. The minimum absolute atomic E-state index is 0.808. The molecule has 0 saturated heterocycles. The Morgan fingerprint density at radius 2 is 0.911 bits per heavy atom. The van der Waals surface area contributed by atoms with Gasteiger partial charge in [-0.1, -0.05) is 140 Å². The summed E-state index contributed by atoms with van der Waals surface area (Å²) in [6.45, 7) is 0. The largest absolute Gasteiger partial charge is 0.309 e. The SMILES string of the molecule is c1ccc(-c2ccc(-c3nc4ccccc4nc3-n3c4ccc(-n5c6ccccc6c6c7ccccc7ccc65)cc4c4cc5ccccc5cc43)cc2)cc1. The number of para-hydroxylation sites is 3. The molecule has 0 aliphatic carbocycles. The van der Waals surface area contributed by atoms with E-state index in [-0.39, 0.29) is 0 Å². The minimum atomic E-state index is 0.808. The van der Waals surface area contributed by atoms with Crippen molar-refractivity contribution in [2.75, 3.05) is 0 Å². The van der Waals surface area contributed by atoms with Gasteiger partial charge >= 0.3 is 0 Å². The molecule has 0 unspecified atom stereocenters. The third kappa shape index (κ3) is 4.60. The lowest BCUT2D eigenvalue weighted by molar-refractivity contribution is 1.08. The number of nitrogens with zero attached hydrogens (tertiary/aromatic N) is 4. The fraction of sp³-hybridized carbons (Fsp3) is 0. The molecule has 4 heteroatoms. The molecule has 3 aromatic heterocycles. The normalized spacial score (nSPS) is 11.9. The van der Waals surface area contributed by atoms with Crippen LogP contribution in [0, 0.1) is 0 Å². The Kier molecular flexibility index (Phi) is 6.60. The molecule has 260 valence electrons. The molecule has 0 radical (unpaired) electrons. The molecular weight excluding hydrogens is 681 g/mol. The molecule has 0 atom stereocenters. The Labute approximate surface area is 322 Å². The standard InChI is InChI=1S/C52H32N4/c1-2-12-33(13-3-1)34-22-24-36(25-23-34)51-52(54-45-20-10-9-19-44(45)53-51)56-47-29-27-39(32-43(47)42-30-37-15-4-5-16-38(37)31-49(42)56)55-46-21-11-8-18-41(46)50-40-17-7-6-14-35(40)26-28-48(50)55/h1-32H. The summed E-state index contributed by atoms with van der Waals surface area (Å²) in [5.41, 5.74) is 11.6. The molecule has 12 aromatic rings. The van der Waals surface area contributed by atoms with E-state index < -0.39 is 0 Å². The zero-order chi connectivity index (χ0) is 36.7. The highest BCUT2D eigenvalue weighted by Gasteiger charge is 2.22. The van der Waals surface area contributed by atoms with Crippen LogP contribution in [0.1, 0.15) is 0 Å². The van der Waals surface area contributed by atoms with Crippen molar-refractivity contribution < 1.29 is 0 Å². The van der Waals surface area contributed by atoms with E-state index in [9.17, 15) is 0 Å². The first-order valence-electron chi connectivity index (χ1n) is 19.1. The maximum absolute atomic E-state index is 5.43. The van der Waals surface area contributed by atoms with Crippen molar-refractivity contribution in [3.8, 4) is 33.9 Å². The fourth-order valence-corrected chi connectivity index (χ4v) is 8.87. The van der Waals surface area contributed by atoms with E-state index in [1.54, 1.807) is 0 Å². The summed E-state index contributed by atoms with van der Waals surface area (Å²) in [5.74, 6) is 0.808. The average molecular weight is 713 g/mol. The second kappa shape index (κ2) is 12.0. The molecular formula is C52H32N4. The van der Waals surface area contributed by atoms with Crippen LogP contribution in [-0.4, -0.2) is 19.1 Å². The summed E-state index contributed by atoms with van der Waals surface area (Å²) >= 11 is 0. The van der Waals surface area contributed by atoms with E-state index in [1.807, 2.05) is 12.1 Å². The lowest BCUT2D eigenvalue weighted by atomic mass is 10.0. The maximum Gasteiger partial charge on any atom is 0.165 e. The summed E-state index contributed by atoms with van der Waals surface area (Å²) in [6, 6.07) is 69.6. The lowest BCUT2D eigenvalue weighted by Crippen LogP contribution is -2.04. The summed E-state index contributed by atoms with van der Waals surface area (Å²) in [4.78, 5) is 10.8. The van der Waals surface area contributed by atoms with Crippen molar-refractivity contribution in [3.63, 3.8) is 0 Å². The Hall–Kier alpha value is -7.56. The van der Waals surface area contributed by atoms with Gasteiger partial charge in [-0.25, -0.2) is 9.97 Å². The van der Waals surface area contributed by atoms with Gasteiger partial charge < -0.3 is 4.57 Å². The number of aromatic nitrogens is 4. The molecule has 9 aromatic carbocycles. The van der Waals surface area contributed by atoms with Crippen molar-refractivity contribution in [3.05, 3.63) is 194 Å². The molecule has 0 N–H and O–H groups in total. The minimum Gasteiger partial charge on any atom is -0.309 e. The van der Waals surface area contributed by atoms with Crippen LogP contribution >= 0.6 is 0 Å². The van der Waals surface area contributed by atoms with E-state index in [0.717, 1.165) is 50.2 Å². The third-order valence-corrected chi connectivity index (χ3v) is 11.5. The van der Waals surface area contributed by atoms with E-state index in [4.69, 9.17) is 9.97 Å². The van der Waals surface area contributed by atoms with Gasteiger partial charge in [-0.2, -0.15) is 0 Å². The number of hydrogen-bond acceptors (Lipinski definition) is 2. The second-order valence-electron chi connectivity index (χ2n) is 14.6. The molecule has 12 rings (SSSR count). The van der Waals surface area contributed by atoms with Crippen LogP contribution in [0.4, 0.5) is 0 Å². The van der Waals surface area contributed by atoms with Crippen molar-refractivity contribution >= 4 is 76.2 Å². The summed E-state index contributed by atoms with van der Waals surface area (Å²) in [7, 11) is 0. The van der Waals surface area contributed by atoms with Crippen LogP contribution < -0.4 is 0 Å². The van der Waals surface area contributed by atoms with Gasteiger partial charge in [-0.3, -0.25) is 4.57 Å². The molecule has 0 spiro atoms. The number of benzene rings is 9. The Bertz CT molecular complexity index is 3520. The highest BCUT2D eigenvalue weighted by atomic mass is 15.1. The quantitative estimate of drug-likeness (QED) is 0.182. The van der Waals surface area contributed by atoms with Gasteiger partial charge in [0.25, 0.3) is 0 Å². The van der Waals surface area contributed by atoms with Crippen LogP contribution in [0.2, 0.25) is 0 Å². The molecule has 0 aliphatic heterocycles. The van der Waals surface area contributed by atoms with Gasteiger partial charge in [0.05, 0.1) is 33.1 Å². The number of rotatable bonds is 4. The Morgan fingerprint density at radius 1 is 0.321 bits per heavy atom. The molecule has 56 heavy (non-hydrogen) atoms. The van der Waals surface area contributed by atoms with Gasteiger partial charge in [0.1, 0.15) is 5.69 Å². The number of hydrogen-bond donors (Lipinski definition) is 0. The van der Waals surface area contributed by atoms with Gasteiger partial charge in [0.15, 0.2) is 5.82 Å². The molecule has 4 nitrogen and oxygen atoms in total. The lowest BCUT2D eigenvalue weighted by Gasteiger charge is -2.15. The highest BCUT2D eigenvalue weighted by Crippen LogP contribution is 2.41. The molecule has 0 amide bonds. The summed E-state index contributed by atoms with van der Waals surface area (Å²) in [6.07, 6.45) is 0. The van der Waals surface area contributed by atoms with Gasteiger partial charge in [0, 0.05) is 32.8 Å². The van der Waals surface area contributed by atoms with Crippen LogP contribution in [0.15, 0.2) is 194 Å². The van der Waals surface area contributed by atoms with Gasteiger partial charge in [0.2, 0.25) is 0 Å². The van der Waals surface area contributed by atoms with Crippen LogP contribution in [0.25, 0.3) is 110 Å². The zero-order valence-corrected chi connectivity index (χ0v) is 30.3. The first kappa shape index (κ1) is 30.9. The number of fused-ring (bicyclic) bond motifs is 10. The van der Waals surface area contributed by atoms with E-state index >= 15 is 0 Å². The van der Waals surface area contributed by atoms with Crippen LogP contribution in [0.3, 0.4) is 0 Å². The predicted molar refractivity (Wildman–Crippen MR) is 234 cm³/mol. The molecule has 0 aliphatic rings. The Morgan fingerprint density at radius 3 is 1.73 bits per heavy atom. The smallest absolute Gasteiger partial charge is 0.165 e. The molecule has 0 fully saturated rings. The predicted octanol–water partition coefficient (Wildman–Crippen LogP) is 13.5. The molecule has 3 heterocycles. The topological polar surface area (TPSA) is 35.6 Å². The monoisotopic (exact) mass is 712 g/mol. The van der Waals surface area contributed by atoms with Crippen molar-refractivity contribution in [2.24, 2.45) is 0 Å². The first-order chi connectivity index (χ1) is 27.8. The van der Waals surface area contributed by atoms with Crippen molar-refractivity contribution in [2.45, 2.75) is 0 Å². The van der Waals surface area contributed by atoms with E-state index in [2.05, 4.69) is 191 Å². The fourth-order valence-electron chi connectivity index (χ4n) is 8.87.